The molecule has 1 amide bonds. The summed E-state index contributed by atoms with van der Waals surface area (Å²) in [6, 6.07) is 12.3. The molecule has 2 aliphatic rings. The van der Waals surface area contributed by atoms with E-state index in [1.165, 1.54) is 19.2 Å². The Balaban J connectivity index is 0.00000160. The lowest BCUT2D eigenvalue weighted by Gasteiger charge is -2.40. The molecular weight excluding hydrogens is 605 g/mol. The van der Waals surface area contributed by atoms with Gasteiger partial charge in [0.1, 0.15) is 17.3 Å². The summed E-state index contributed by atoms with van der Waals surface area (Å²) in [4.78, 5) is 43.6. The van der Waals surface area contributed by atoms with E-state index in [1.807, 2.05) is 25.7 Å². The molecule has 252 valence electrons. The fourth-order valence-electron chi connectivity index (χ4n) is 6.34. The van der Waals surface area contributed by atoms with Crippen molar-refractivity contribution in [2.75, 3.05) is 40.0 Å². The zero-order valence-electron chi connectivity index (χ0n) is 27.6. The molecule has 1 N–H and O–H groups in total. The summed E-state index contributed by atoms with van der Waals surface area (Å²) in [5, 5.41) is 6.89. The lowest BCUT2D eigenvalue weighted by molar-refractivity contribution is -0.122. The minimum atomic E-state index is -0.451. The fraction of sp³-hybridized carbons (Fsp3) is 0.444. The number of ether oxygens (including phenoxy) is 3. The molecule has 0 bridgehead atoms. The number of hydrogen-bond acceptors (Lipinski definition) is 8. The summed E-state index contributed by atoms with van der Waals surface area (Å²) in [5.41, 5.74) is 5.14. The van der Waals surface area contributed by atoms with Gasteiger partial charge in [0.05, 0.1) is 48.4 Å². The van der Waals surface area contributed by atoms with Gasteiger partial charge in [-0.05, 0) is 74.6 Å². The minimum absolute atomic E-state index is 0.0514. The van der Waals surface area contributed by atoms with E-state index < -0.39 is 5.97 Å². The van der Waals surface area contributed by atoms with Crippen molar-refractivity contribution < 1.29 is 38.1 Å². The molecule has 0 unspecified atom stereocenters. The van der Waals surface area contributed by atoms with Crippen LogP contribution in [0.3, 0.4) is 0 Å². The highest BCUT2D eigenvalue weighted by Gasteiger charge is 2.34. The van der Waals surface area contributed by atoms with Crippen LogP contribution in [0.1, 0.15) is 77.7 Å². The standard InChI is InChI=1S/C35H42FN3O5.CH2O2/c1-5-8-29-28(35(41)42-4)21-27-30(37-29)15-18-39(34(27)40)26-13-16-38(17-14-26)22-23-19-31(43-6-2)33(32(20-23)44-7-3)24-9-11-25(36)12-10-24;2-1-3/h9-12,19-21,26H,5-8,13-18,22H2,1-4H3;1H,(H,2,3). The number of rotatable bonds is 11. The van der Waals surface area contributed by atoms with Gasteiger partial charge in [-0.2, -0.15) is 0 Å². The Morgan fingerprint density at radius 2 is 1.64 bits per heavy atom. The van der Waals surface area contributed by atoms with E-state index in [9.17, 15) is 14.0 Å². The van der Waals surface area contributed by atoms with Crippen LogP contribution < -0.4 is 9.47 Å². The molecule has 3 heterocycles. The van der Waals surface area contributed by atoms with E-state index in [4.69, 9.17) is 29.1 Å². The molecule has 1 aromatic heterocycles. The van der Waals surface area contributed by atoms with E-state index in [0.717, 1.165) is 72.8 Å². The van der Waals surface area contributed by atoms with Crippen LogP contribution in [0, 0.1) is 5.82 Å². The van der Waals surface area contributed by atoms with Crippen molar-refractivity contribution in [3.63, 3.8) is 0 Å². The average molecular weight is 650 g/mol. The van der Waals surface area contributed by atoms with Crippen LogP contribution in [0.25, 0.3) is 11.1 Å². The first-order chi connectivity index (χ1) is 22.8. The van der Waals surface area contributed by atoms with Gasteiger partial charge in [-0.1, -0.05) is 25.5 Å². The van der Waals surface area contributed by atoms with Gasteiger partial charge in [0, 0.05) is 38.6 Å². The van der Waals surface area contributed by atoms with Gasteiger partial charge in [-0.25, -0.2) is 9.18 Å². The second kappa shape index (κ2) is 16.9. The second-order valence-corrected chi connectivity index (χ2v) is 11.4. The van der Waals surface area contributed by atoms with E-state index in [0.29, 0.717) is 49.4 Å². The van der Waals surface area contributed by atoms with Crippen LogP contribution in [0.2, 0.25) is 0 Å². The first kappa shape index (κ1) is 35.3. The quantitative estimate of drug-likeness (QED) is 0.204. The molecule has 1 saturated heterocycles. The van der Waals surface area contributed by atoms with Gasteiger partial charge in [0.2, 0.25) is 0 Å². The molecule has 47 heavy (non-hydrogen) atoms. The van der Waals surface area contributed by atoms with Crippen molar-refractivity contribution in [1.82, 2.24) is 14.8 Å². The summed E-state index contributed by atoms with van der Waals surface area (Å²) in [7, 11) is 1.36. The van der Waals surface area contributed by atoms with Crippen LogP contribution in [0.5, 0.6) is 11.5 Å². The molecule has 1 fully saturated rings. The average Bonchev–Trinajstić information content (AvgIpc) is 3.06. The first-order valence-electron chi connectivity index (χ1n) is 16.2. The van der Waals surface area contributed by atoms with Gasteiger partial charge in [-0.15, -0.1) is 0 Å². The number of esters is 1. The highest BCUT2D eigenvalue weighted by Crippen LogP contribution is 2.40. The third kappa shape index (κ3) is 8.45. The zero-order chi connectivity index (χ0) is 33.9. The van der Waals surface area contributed by atoms with E-state index >= 15 is 0 Å². The number of halogens is 1. The maximum absolute atomic E-state index is 13.7. The number of methoxy groups -OCH3 is 1. The molecule has 0 atom stereocenters. The van der Waals surface area contributed by atoms with Crippen molar-refractivity contribution in [3.8, 4) is 22.6 Å². The summed E-state index contributed by atoms with van der Waals surface area (Å²) < 4.78 is 30.7. The summed E-state index contributed by atoms with van der Waals surface area (Å²) in [6.07, 6.45) is 3.92. The maximum Gasteiger partial charge on any atom is 0.339 e. The monoisotopic (exact) mass is 649 g/mol. The van der Waals surface area contributed by atoms with Gasteiger partial charge in [0.25, 0.3) is 12.4 Å². The van der Waals surface area contributed by atoms with Crippen LogP contribution in [0.4, 0.5) is 4.39 Å². The van der Waals surface area contributed by atoms with Crippen molar-refractivity contribution in [2.45, 2.75) is 65.5 Å². The van der Waals surface area contributed by atoms with Crippen molar-refractivity contribution in [1.29, 1.82) is 0 Å². The van der Waals surface area contributed by atoms with E-state index in [2.05, 4.69) is 17.0 Å². The van der Waals surface area contributed by atoms with E-state index in [1.54, 1.807) is 18.2 Å². The number of benzene rings is 2. The topological polar surface area (TPSA) is 119 Å². The van der Waals surface area contributed by atoms with Crippen LogP contribution >= 0.6 is 0 Å². The molecule has 0 aliphatic carbocycles. The Labute approximate surface area is 275 Å². The second-order valence-electron chi connectivity index (χ2n) is 11.4. The number of carbonyl (C=O) groups is 3. The number of carboxylic acid groups (broad SMARTS) is 1. The third-order valence-corrected chi connectivity index (χ3v) is 8.42. The molecule has 2 aliphatic heterocycles. The highest BCUT2D eigenvalue weighted by molar-refractivity contribution is 6.00. The number of fused-ring (bicyclic) bond motifs is 1. The van der Waals surface area contributed by atoms with Crippen LogP contribution in [0.15, 0.2) is 42.5 Å². The van der Waals surface area contributed by atoms with Gasteiger partial charge >= 0.3 is 5.97 Å². The van der Waals surface area contributed by atoms with Crippen molar-refractivity contribution in [2.24, 2.45) is 0 Å². The zero-order valence-corrected chi connectivity index (χ0v) is 27.6. The number of carbonyl (C=O) groups excluding carboxylic acids is 2. The van der Waals surface area contributed by atoms with E-state index in [-0.39, 0.29) is 24.2 Å². The Hall–Kier alpha value is -4.51. The van der Waals surface area contributed by atoms with Crippen LogP contribution in [-0.4, -0.2) is 84.2 Å². The number of piperidine rings is 1. The Kier molecular flexibility index (Phi) is 12.7. The normalized spacial score (nSPS) is 14.9. The number of aromatic nitrogens is 1. The molecule has 11 heteroatoms. The lowest BCUT2D eigenvalue weighted by atomic mass is 9.95. The SMILES string of the molecule is CCCc1nc2c(cc1C(=O)OC)C(=O)N(C1CCN(Cc3cc(OCC)c(-c4ccc(F)cc4)c(OCC)c3)CC1)CC2.O=CO. The molecule has 3 aromatic rings. The van der Waals surface area contributed by atoms with Crippen LogP contribution in [-0.2, 0) is 28.9 Å². The number of nitrogens with zero attached hydrogens (tertiary/aromatic N) is 3. The molecule has 0 saturated carbocycles. The smallest absolute Gasteiger partial charge is 0.339 e. The number of likely N-dealkylation sites (tertiary alicyclic amines) is 1. The number of aryl methyl sites for hydroxylation is 1. The summed E-state index contributed by atoms with van der Waals surface area (Å²) in [5.74, 6) is 0.644. The third-order valence-electron chi connectivity index (χ3n) is 8.42. The predicted molar refractivity (Wildman–Crippen MR) is 175 cm³/mol. The molecule has 0 spiro atoms. The molecule has 5 rings (SSSR count). The Morgan fingerprint density at radius 1 is 1.02 bits per heavy atom. The van der Waals surface area contributed by atoms with Gasteiger partial charge < -0.3 is 24.2 Å². The summed E-state index contributed by atoms with van der Waals surface area (Å²) in [6.45, 7) is 9.72. The number of hydrogen-bond donors (Lipinski definition) is 1. The predicted octanol–water partition coefficient (Wildman–Crippen LogP) is 5.79. The Bertz CT molecular complexity index is 1510. The molecular formula is C36H44FN3O7. The minimum Gasteiger partial charge on any atom is -0.493 e. The largest absolute Gasteiger partial charge is 0.493 e. The Morgan fingerprint density at radius 3 is 2.19 bits per heavy atom. The molecule has 10 nitrogen and oxygen atoms in total. The van der Waals surface area contributed by atoms with Crippen molar-refractivity contribution in [3.05, 3.63) is 76.4 Å². The molecule has 0 radical (unpaired) electrons. The van der Waals surface area contributed by atoms with Crippen molar-refractivity contribution >= 4 is 18.3 Å². The fourth-order valence-corrected chi connectivity index (χ4v) is 6.34. The number of amides is 1. The summed E-state index contributed by atoms with van der Waals surface area (Å²) >= 11 is 0. The van der Waals surface area contributed by atoms with Gasteiger partial charge in [-0.3, -0.25) is 19.5 Å². The maximum atomic E-state index is 13.7. The number of pyridine rings is 1. The highest BCUT2D eigenvalue weighted by atomic mass is 19.1. The first-order valence-corrected chi connectivity index (χ1v) is 16.2. The lowest BCUT2D eigenvalue weighted by Crippen LogP contribution is -2.50. The van der Waals surface area contributed by atoms with Gasteiger partial charge in [0.15, 0.2) is 0 Å². The molecule has 2 aromatic carbocycles.